The van der Waals surface area contributed by atoms with E-state index in [0.29, 0.717) is 5.02 Å². The van der Waals surface area contributed by atoms with Crippen LogP contribution < -0.4 is 4.74 Å². The number of ether oxygens (including phenoxy) is 1. The lowest BCUT2D eigenvalue weighted by molar-refractivity contribution is -0.138. The molecule has 0 fully saturated rings. The molecular weight excluding hydrogens is 358 g/mol. The number of thioether (sulfide) groups is 1. The van der Waals surface area contributed by atoms with Crippen molar-refractivity contribution < 1.29 is 14.6 Å². The Bertz CT molecular complexity index is 683. The van der Waals surface area contributed by atoms with Gasteiger partial charge in [-0.2, -0.15) is 0 Å². The van der Waals surface area contributed by atoms with Crippen LogP contribution in [0.25, 0.3) is 0 Å². The molecule has 0 amide bonds. The monoisotopic (exact) mass is 379 g/mol. The molecule has 1 N–H and O–H groups in total. The maximum absolute atomic E-state index is 11.1. The normalized spacial score (nSPS) is 13.4. The van der Waals surface area contributed by atoms with Crippen molar-refractivity contribution in [2.45, 2.75) is 29.7 Å². The van der Waals surface area contributed by atoms with Gasteiger partial charge in [0.15, 0.2) is 5.44 Å². The van der Waals surface area contributed by atoms with E-state index in [-0.39, 0.29) is 18.0 Å². The first-order valence-electron chi connectivity index (χ1n) is 8.05. The molecule has 6 heteroatoms. The van der Waals surface area contributed by atoms with Crippen LogP contribution in [0, 0.1) is 0 Å². The Hall–Kier alpha value is -1.69. The highest BCUT2D eigenvalue weighted by molar-refractivity contribution is 7.99. The summed E-state index contributed by atoms with van der Waals surface area (Å²) in [4.78, 5) is 13.9. The smallest absolute Gasteiger partial charge is 0.317 e. The third-order valence-electron chi connectivity index (χ3n) is 3.73. The average Bonchev–Trinajstić information content (AvgIpc) is 2.55. The third-order valence-corrected chi connectivity index (χ3v) is 5.13. The van der Waals surface area contributed by atoms with Crippen molar-refractivity contribution in [3.8, 4) is 5.75 Å². The van der Waals surface area contributed by atoms with Crippen molar-refractivity contribution in [2.24, 2.45) is 0 Å². The SMILES string of the molecule is CC[C@@H]([C@H](Oc1ccccc1)Sc1cccc(Cl)c1)N(C)CC(=O)O. The topological polar surface area (TPSA) is 49.8 Å². The molecule has 0 unspecified atom stereocenters. The van der Waals surface area contributed by atoms with Crippen molar-refractivity contribution in [1.82, 2.24) is 4.90 Å². The minimum atomic E-state index is -0.854. The number of benzene rings is 2. The Morgan fingerprint density at radius 3 is 2.56 bits per heavy atom. The van der Waals surface area contributed by atoms with Crippen molar-refractivity contribution >= 4 is 29.3 Å². The third kappa shape index (κ3) is 6.27. The van der Waals surface area contributed by atoms with Crippen LogP contribution in [0.3, 0.4) is 0 Å². The van der Waals surface area contributed by atoms with E-state index in [2.05, 4.69) is 0 Å². The zero-order valence-electron chi connectivity index (χ0n) is 14.3. The molecule has 0 spiro atoms. The predicted octanol–water partition coefficient (Wildman–Crippen LogP) is 4.63. The number of hydrogen-bond acceptors (Lipinski definition) is 4. The Kier molecular flexibility index (Phi) is 7.62. The number of aliphatic carboxylic acids is 1. The van der Waals surface area contributed by atoms with E-state index in [1.54, 1.807) is 11.8 Å². The molecule has 0 saturated carbocycles. The van der Waals surface area contributed by atoms with Crippen LogP contribution >= 0.6 is 23.4 Å². The molecule has 0 bridgehead atoms. The van der Waals surface area contributed by atoms with Crippen molar-refractivity contribution in [2.75, 3.05) is 13.6 Å². The van der Waals surface area contributed by atoms with Crippen LogP contribution in [-0.2, 0) is 4.79 Å². The second kappa shape index (κ2) is 9.70. The number of likely N-dealkylation sites (N-methyl/N-ethyl adjacent to an activating group) is 1. The van der Waals surface area contributed by atoms with Gasteiger partial charge in [0.05, 0.1) is 12.6 Å². The summed E-state index contributed by atoms with van der Waals surface area (Å²) in [7, 11) is 1.81. The molecule has 4 nitrogen and oxygen atoms in total. The largest absolute Gasteiger partial charge is 0.480 e. The molecule has 0 aliphatic heterocycles. The lowest BCUT2D eigenvalue weighted by Gasteiger charge is -2.33. The average molecular weight is 380 g/mol. The minimum absolute atomic E-state index is 0.0384. The van der Waals surface area contributed by atoms with Gasteiger partial charge >= 0.3 is 5.97 Å². The molecule has 2 aromatic carbocycles. The zero-order valence-corrected chi connectivity index (χ0v) is 15.8. The molecule has 134 valence electrons. The summed E-state index contributed by atoms with van der Waals surface area (Å²) in [6, 6.07) is 17.1. The van der Waals surface area contributed by atoms with Gasteiger partial charge in [-0.15, -0.1) is 0 Å². The van der Waals surface area contributed by atoms with Gasteiger partial charge in [-0.3, -0.25) is 9.69 Å². The number of halogens is 1. The summed E-state index contributed by atoms with van der Waals surface area (Å²) in [5.41, 5.74) is -0.268. The molecule has 0 saturated heterocycles. The molecule has 2 rings (SSSR count). The van der Waals surface area contributed by atoms with E-state index >= 15 is 0 Å². The van der Waals surface area contributed by atoms with E-state index in [9.17, 15) is 4.79 Å². The van der Waals surface area contributed by atoms with Crippen LogP contribution in [0.4, 0.5) is 0 Å². The first-order valence-corrected chi connectivity index (χ1v) is 9.31. The molecule has 0 heterocycles. The molecule has 0 radical (unpaired) electrons. The maximum atomic E-state index is 11.1. The zero-order chi connectivity index (χ0) is 18.2. The highest BCUT2D eigenvalue weighted by Gasteiger charge is 2.28. The quantitative estimate of drug-likeness (QED) is 0.508. The molecule has 0 aromatic heterocycles. The second-order valence-electron chi connectivity index (χ2n) is 5.66. The summed E-state index contributed by atoms with van der Waals surface area (Å²) in [6.07, 6.45) is 0.759. The van der Waals surface area contributed by atoms with Gasteiger partial charge < -0.3 is 9.84 Å². The van der Waals surface area contributed by atoms with Crippen molar-refractivity contribution in [3.63, 3.8) is 0 Å². The summed E-state index contributed by atoms with van der Waals surface area (Å²) in [5, 5.41) is 9.78. The van der Waals surface area contributed by atoms with Crippen molar-refractivity contribution in [1.29, 1.82) is 0 Å². The van der Waals surface area contributed by atoms with E-state index < -0.39 is 5.97 Å². The van der Waals surface area contributed by atoms with Crippen molar-refractivity contribution in [3.05, 3.63) is 59.6 Å². The van der Waals surface area contributed by atoms with Crippen LogP contribution in [0.2, 0.25) is 5.02 Å². The first kappa shape index (κ1) is 19.6. The Morgan fingerprint density at radius 1 is 1.24 bits per heavy atom. The molecule has 2 atom stereocenters. The number of carbonyl (C=O) groups is 1. The molecular formula is C19H22ClNO3S. The van der Waals surface area contributed by atoms with Gasteiger partial charge in [0.2, 0.25) is 0 Å². The summed E-state index contributed by atoms with van der Waals surface area (Å²) in [6.45, 7) is 1.99. The lowest BCUT2D eigenvalue weighted by Crippen LogP contribution is -2.44. The summed E-state index contributed by atoms with van der Waals surface area (Å²) >= 11 is 7.64. The standard InChI is InChI=1S/C19H22ClNO3S/c1-3-17(21(2)13-18(22)23)19(24-15-9-5-4-6-10-15)25-16-11-7-8-14(20)12-16/h4-12,17,19H,3,13H2,1-2H3,(H,22,23)/t17-,19+/m0/s1. The minimum Gasteiger partial charge on any atom is -0.480 e. The highest BCUT2D eigenvalue weighted by Crippen LogP contribution is 2.32. The molecule has 2 aromatic rings. The molecule has 0 aliphatic rings. The Labute approximate surface area is 157 Å². The number of para-hydroxylation sites is 1. The van der Waals surface area contributed by atoms with Crippen LogP contribution in [-0.4, -0.2) is 41.0 Å². The lowest BCUT2D eigenvalue weighted by atomic mass is 10.2. The second-order valence-corrected chi connectivity index (χ2v) is 7.27. The predicted molar refractivity (Wildman–Crippen MR) is 103 cm³/mol. The van der Waals surface area contributed by atoms with Gasteiger partial charge in [-0.05, 0) is 43.8 Å². The van der Waals surface area contributed by atoms with Crippen LogP contribution in [0.1, 0.15) is 13.3 Å². The number of rotatable bonds is 9. The van der Waals surface area contributed by atoms with Gasteiger partial charge in [0.25, 0.3) is 0 Å². The Morgan fingerprint density at radius 2 is 1.96 bits per heavy atom. The number of carboxylic acids is 1. The van der Waals surface area contributed by atoms with Gasteiger partial charge in [0.1, 0.15) is 5.75 Å². The first-order chi connectivity index (χ1) is 12.0. The van der Waals surface area contributed by atoms with Crippen LogP contribution in [0.5, 0.6) is 5.75 Å². The number of hydrogen-bond donors (Lipinski definition) is 1. The summed E-state index contributed by atoms with van der Waals surface area (Å²) in [5.74, 6) is -0.101. The van der Waals surface area contributed by atoms with Crippen LogP contribution in [0.15, 0.2) is 59.5 Å². The number of nitrogens with zero attached hydrogens (tertiary/aromatic N) is 1. The Balaban J connectivity index is 2.24. The maximum Gasteiger partial charge on any atom is 0.317 e. The van der Waals surface area contributed by atoms with E-state index in [4.69, 9.17) is 21.4 Å². The highest BCUT2D eigenvalue weighted by atomic mass is 35.5. The van der Waals surface area contributed by atoms with Gasteiger partial charge in [-0.25, -0.2) is 0 Å². The molecule has 25 heavy (non-hydrogen) atoms. The summed E-state index contributed by atoms with van der Waals surface area (Å²) < 4.78 is 6.20. The fraction of sp³-hybridized carbons (Fsp3) is 0.316. The molecule has 0 aliphatic carbocycles. The van der Waals surface area contributed by atoms with E-state index in [1.807, 2.05) is 73.5 Å². The van der Waals surface area contributed by atoms with Gasteiger partial charge in [0, 0.05) is 9.92 Å². The van der Waals surface area contributed by atoms with E-state index in [1.165, 1.54) is 0 Å². The van der Waals surface area contributed by atoms with Gasteiger partial charge in [-0.1, -0.05) is 54.6 Å². The number of carboxylic acid groups (broad SMARTS) is 1. The fourth-order valence-electron chi connectivity index (χ4n) is 2.53. The van der Waals surface area contributed by atoms with E-state index in [0.717, 1.165) is 17.1 Å². The fourth-order valence-corrected chi connectivity index (χ4v) is 4.12.